The average molecular weight is 247 g/mol. The van der Waals surface area contributed by atoms with Gasteiger partial charge < -0.3 is 11.5 Å². The quantitative estimate of drug-likeness (QED) is 0.791. The molecule has 98 valence electrons. The fourth-order valence-electron chi connectivity index (χ4n) is 3.65. The zero-order valence-corrected chi connectivity index (χ0v) is 10.7. The molecule has 0 saturated heterocycles. The Balaban J connectivity index is 0.00000120. The van der Waals surface area contributed by atoms with Gasteiger partial charge in [-0.1, -0.05) is 33.1 Å². The van der Waals surface area contributed by atoms with Crippen LogP contribution < -0.4 is 11.5 Å². The summed E-state index contributed by atoms with van der Waals surface area (Å²) in [5, 5.41) is 0. The van der Waals surface area contributed by atoms with Crippen LogP contribution in [0.3, 0.4) is 0 Å². The molecule has 2 bridgehead atoms. The summed E-state index contributed by atoms with van der Waals surface area (Å²) in [4.78, 5) is 12.6. The summed E-state index contributed by atoms with van der Waals surface area (Å²) in [6.07, 6.45) is 8.82. The van der Waals surface area contributed by atoms with Crippen LogP contribution in [-0.2, 0) is 5.41 Å². The number of hydrogen-bond donors (Lipinski definition) is 2. The fraction of sp³-hybridized carbons (Fsp3) is 0.692. The van der Waals surface area contributed by atoms with Gasteiger partial charge in [0, 0.05) is 5.41 Å². The minimum atomic E-state index is 0. The Hall–Kier alpha value is -1.39. The number of rotatable bonds is 1. The van der Waals surface area contributed by atoms with Crippen LogP contribution in [0, 0.1) is 13.3 Å². The number of hydrogen-bond acceptors (Lipinski definition) is 5. The molecule has 0 spiro atoms. The summed E-state index contributed by atoms with van der Waals surface area (Å²) in [7, 11) is 0. The van der Waals surface area contributed by atoms with Crippen molar-refractivity contribution in [2.75, 3.05) is 11.5 Å². The highest BCUT2D eigenvalue weighted by atomic mass is 15.1. The van der Waals surface area contributed by atoms with E-state index in [9.17, 15) is 0 Å². The van der Waals surface area contributed by atoms with E-state index in [-0.39, 0.29) is 24.7 Å². The number of aromatic nitrogens is 3. The van der Waals surface area contributed by atoms with Gasteiger partial charge in [-0.3, -0.25) is 0 Å². The Morgan fingerprint density at radius 3 is 2.06 bits per heavy atom. The summed E-state index contributed by atoms with van der Waals surface area (Å²) in [5.74, 6) is 2.20. The third kappa shape index (κ3) is 2.13. The van der Waals surface area contributed by atoms with Crippen molar-refractivity contribution in [2.24, 2.45) is 5.92 Å². The highest BCUT2D eigenvalue weighted by molar-refractivity contribution is 5.29. The summed E-state index contributed by atoms with van der Waals surface area (Å²) in [5.41, 5.74) is 11.5. The number of nitrogens with two attached hydrogens (primary N) is 2. The second-order valence-corrected chi connectivity index (χ2v) is 5.51. The van der Waals surface area contributed by atoms with Crippen LogP contribution in [0.25, 0.3) is 0 Å². The van der Waals surface area contributed by atoms with Crippen molar-refractivity contribution in [3.8, 4) is 0 Å². The second-order valence-electron chi connectivity index (χ2n) is 5.51. The van der Waals surface area contributed by atoms with Crippen LogP contribution in [0.5, 0.6) is 0 Å². The standard InChI is InChI=1S/C12H19N5.CH2/c13-10-15-9(16-11(14)17-10)12-5-1-3-8(7-12)4-2-6-12;/h8H,1-7H2,(H4,13,14,15,16,17);1H2. The first-order chi connectivity index (χ1) is 8.18. The van der Waals surface area contributed by atoms with Crippen LogP contribution in [0.4, 0.5) is 11.9 Å². The Morgan fingerprint density at radius 1 is 0.944 bits per heavy atom. The zero-order chi connectivity index (χ0) is 11.9. The molecule has 0 amide bonds. The molecule has 2 saturated carbocycles. The first kappa shape index (κ1) is 13.1. The lowest BCUT2D eigenvalue weighted by molar-refractivity contribution is 0.141. The molecule has 0 aliphatic heterocycles. The van der Waals surface area contributed by atoms with E-state index in [1.165, 1.54) is 44.9 Å². The molecule has 0 aromatic carbocycles. The number of fused-ring (bicyclic) bond motifs is 2. The molecule has 2 fully saturated rings. The lowest BCUT2D eigenvalue weighted by Crippen LogP contribution is -2.38. The number of nitrogens with zero attached hydrogens (tertiary/aromatic N) is 3. The molecule has 5 heteroatoms. The van der Waals surface area contributed by atoms with Crippen molar-refractivity contribution in [2.45, 2.75) is 50.4 Å². The summed E-state index contributed by atoms with van der Waals surface area (Å²) in [6, 6.07) is 0. The summed E-state index contributed by atoms with van der Waals surface area (Å²) < 4.78 is 0. The van der Waals surface area contributed by atoms with Gasteiger partial charge in [-0.2, -0.15) is 15.0 Å². The van der Waals surface area contributed by atoms with Crippen LogP contribution in [-0.4, -0.2) is 15.0 Å². The molecule has 3 rings (SSSR count). The van der Waals surface area contributed by atoms with E-state index < -0.39 is 0 Å². The third-order valence-electron chi connectivity index (χ3n) is 4.36. The zero-order valence-electron chi connectivity index (χ0n) is 10.7. The van der Waals surface area contributed by atoms with E-state index in [0.29, 0.717) is 0 Å². The van der Waals surface area contributed by atoms with E-state index in [2.05, 4.69) is 15.0 Å². The maximum absolute atomic E-state index is 5.69. The van der Waals surface area contributed by atoms with E-state index in [4.69, 9.17) is 11.5 Å². The van der Waals surface area contributed by atoms with E-state index >= 15 is 0 Å². The van der Waals surface area contributed by atoms with Crippen LogP contribution in [0.15, 0.2) is 0 Å². The monoisotopic (exact) mass is 247 g/mol. The Bertz CT molecular complexity index is 401. The maximum atomic E-state index is 5.69. The molecule has 1 heterocycles. The second kappa shape index (κ2) is 4.71. The summed E-state index contributed by atoms with van der Waals surface area (Å²) in [6.45, 7) is 0. The lowest BCUT2D eigenvalue weighted by Gasteiger charge is -2.44. The topological polar surface area (TPSA) is 90.7 Å². The molecule has 1 aromatic heterocycles. The minimum absolute atomic E-state index is 0. The van der Waals surface area contributed by atoms with Gasteiger partial charge in [0.15, 0.2) is 0 Å². The van der Waals surface area contributed by atoms with Crippen molar-refractivity contribution in [1.29, 1.82) is 0 Å². The van der Waals surface area contributed by atoms with Gasteiger partial charge in [0.25, 0.3) is 0 Å². The molecule has 4 N–H and O–H groups in total. The largest absolute Gasteiger partial charge is 0.368 e. The highest BCUT2D eigenvalue weighted by Gasteiger charge is 2.42. The average Bonchev–Trinajstić information content (AvgIpc) is 2.28. The third-order valence-corrected chi connectivity index (χ3v) is 4.36. The Labute approximate surface area is 108 Å². The molecular formula is C13H21N5. The van der Waals surface area contributed by atoms with Gasteiger partial charge in [-0.15, -0.1) is 0 Å². The molecule has 2 radical (unpaired) electrons. The molecule has 2 aliphatic carbocycles. The van der Waals surface area contributed by atoms with E-state index in [1.54, 1.807) is 0 Å². The lowest BCUT2D eigenvalue weighted by atomic mass is 9.61. The smallest absolute Gasteiger partial charge is 0.225 e. The molecule has 2 aliphatic rings. The van der Waals surface area contributed by atoms with Crippen molar-refractivity contribution in [3.63, 3.8) is 0 Å². The van der Waals surface area contributed by atoms with E-state index in [1.807, 2.05) is 0 Å². The summed E-state index contributed by atoms with van der Waals surface area (Å²) >= 11 is 0. The molecular weight excluding hydrogens is 226 g/mol. The van der Waals surface area contributed by atoms with Crippen molar-refractivity contribution >= 4 is 11.9 Å². The minimum Gasteiger partial charge on any atom is -0.368 e. The SMILES string of the molecule is Nc1nc(N)nc(C23CCCC(CCC2)C3)n1.[CH2]. The Kier molecular flexibility index (Phi) is 3.41. The Morgan fingerprint density at radius 2 is 1.50 bits per heavy atom. The normalized spacial score (nSPS) is 30.6. The molecule has 0 atom stereocenters. The first-order valence-corrected chi connectivity index (χ1v) is 6.45. The van der Waals surface area contributed by atoms with E-state index in [0.717, 1.165) is 11.7 Å². The van der Waals surface area contributed by atoms with Gasteiger partial charge in [-0.05, 0) is 25.2 Å². The van der Waals surface area contributed by atoms with Crippen LogP contribution >= 0.6 is 0 Å². The van der Waals surface area contributed by atoms with Gasteiger partial charge >= 0.3 is 0 Å². The van der Waals surface area contributed by atoms with Crippen molar-refractivity contribution in [1.82, 2.24) is 15.0 Å². The van der Waals surface area contributed by atoms with Crippen LogP contribution in [0.2, 0.25) is 0 Å². The van der Waals surface area contributed by atoms with Crippen LogP contribution in [0.1, 0.15) is 50.8 Å². The number of anilines is 2. The van der Waals surface area contributed by atoms with Crippen molar-refractivity contribution in [3.05, 3.63) is 13.3 Å². The highest BCUT2D eigenvalue weighted by Crippen LogP contribution is 2.49. The molecule has 5 nitrogen and oxygen atoms in total. The predicted octanol–water partition coefficient (Wildman–Crippen LogP) is 1.98. The predicted molar refractivity (Wildman–Crippen MR) is 71.5 cm³/mol. The molecule has 1 aromatic rings. The van der Waals surface area contributed by atoms with Crippen molar-refractivity contribution < 1.29 is 0 Å². The molecule has 18 heavy (non-hydrogen) atoms. The van der Waals surface area contributed by atoms with Gasteiger partial charge in [0.1, 0.15) is 5.82 Å². The van der Waals surface area contributed by atoms with Gasteiger partial charge in [0.05, 0.1) is 0 Å². The maximum Gasteiger partial charge on any atom is 0.225 e. The van der Waals surface area contributed by atoms with Gasteiger partial charge in [-0.25, -0.2) is 0 Å². The number of nitrogen functional groups attached to an aromatic ring is 2. The fourth-order valence-corrected chi connectivity index (χ4v) is 3.65. The first-order valence-electron chi connectivity index (χ1n) is 6.45. The van der Waals surface area contributed by atoms with Gasteiger partial charge in [0.2, 0.25) is 11.9 Å². The molecule has 0 unspecified atom stereocenters.